The molecule has 3 nitrogen and oxygen atoms in total. The van der Waals surface area contributed by atoms with Crippen LogP contribution in [0.2, 0.25) is 5.02 Å². The van der Waals surface area contributed by atoms with Gasteiger partial charge in [0.05, 0.1) is 12.2 Å². The van der Waals surface area contributed by atoms with Crippen molar-refractivity contribution in [3.05, 3.63) is 53.1 Å². The van der Waals surface area contributed by atoms with Gasteiger partial charge in [0, 0.05) is 15.6 Å². The van der Waals surface area contributed by atoms with Crippen LogP contribution in [-0.2, 0) is 4.79 Å². The van der Waals surface area contributed by atoms with Crippen molar-refractivity contribution in [3.8, 4) is 0 Å². The zero-order valence-electron chi connectivity index (χ0n) is 12.3. The van der Waals surface area contributed by atoms with E-state index in [-0.39, 0.29) is 12.5 Å². The van der Waals surface area contributed by atoms with Gasteiger partial charge in [-0.15, -0.1) is 0 Å². The van der Waals surface area contributed by atoms with Crippen LogP contribution in [0.4, 0.5) is 20.2 Å². The summed E-state index contributed by atoms with van der Waals surface area (Å²) in [5.74, 6) is -2.87. The molecule has 2 N–H and O–H groups in total. The topological polar surface area (TPSA) is 41.1 Å². The second-order valence-electron chi connectivity index (χ2n) is 4.74. The van der Waals surface area contributed by atoms with Gasteiger partial charge in [-0.05, 0) is 36.8 Å². The van der Waals surface area contributed by atoms with Crippen molar-refractivity contribution in [1.82, 2.24) is 0 Å². The standard InChI is InChI=1S/C16H15ClF2N2OS/c1-10-6-7-11(8-12(10)17)20-9-15(22)21-13-4-2-3-5-14(13)23-16(18)19/h2-8,16,20H,9H2,1H3,(H,21,22). The van der Waals surface area contributed by atoms with Gasteiger partial charge in [0.25, 0.3) is 5.76 Å². The first kappa shape index (κ1) is 17.6. The van der Waals surface area contributed by atoms with Gasteiger partial charge in [-0.3, -0.25) is 4.79 Å². The van der Waals surface area contributed by atoms with E-state index in [1.807, 2.05) is 19.1 Å². The van der Waals surface area contributed by atoms with E-state index in [2.05, 4.69) is 10.6 Å². The summed E-state index contributed by atoms with van der Waals surface area (Å²) in [5, 5.41) is 6.17. The van der Waals surface area contributed by atoms with Crippen LogP contribution in [0, 0.1) is 6.92 Å². The average molecular weight is 357 g/mol. The van der Waals surface area contributed by atoms with Crippen LogP contribution in [0.25, 0.3) is 0 Å². The van der Waals surface area contributed by atoms with E-state index < -0.39 is 5.76 Å². The molecule has 0 aromatic heterocycles. The van der Waals surface area contributed by atoms with Gasteiger partial charge in [0.2, 0.25) is 5.91 Å². The third kappa shape index (κ3) is 5.41. The lowest BCUT2D eigenvalue weighted by molar-refractivity contribution is -0.114. The van der Waals surface area contributed by atoms with Crippen LogP contribution in [0.1, 0.15) is 5.56 Å². The molecule has 122 valence electrons. The molecule has 0 unspecified atom stereocenters. The maximum atomic E-state index is 12.5. The summed E-state index contributed by atoms with van der Waals surface area (Å²) in [6, 6.07) is 11.8. The number of nitrogens with one attached hydrogen (secondary N) is 2. The molecule has 2 aromatic carbocycles. The fourth-order valence-electron chi connectivity index (χ4n) is 1.85. The van der Waals surface area contributed by atoms with Crippen LogP contribution in [0.15, 0.2) is 47.4 Å². The molecule has 0 aliphatic rings. The predicted molar refractivity (Wildman–Crippen MR) is 91.6 cm³/mol. The number of thioether (sulfide) groups is 1. The van der Waals surface area contributed by atoms with Crippen LogP contribution in [0.3, 0.4) is 0 Å². The minimum atomic E-state index is -2.54. The quantitative estimate of drug-likeness (QED) is 0.714. The number of carbonyl (C=O) groups excluding carboxylic acids is 1. The summed E-state index contributed by atoms with van der Waals surface area (Å²) in [6.07, 6.45) is 0. The van der Waals surface area contributed by atoms with Gasteiger partial charge in [-0.1, -0.05) is 41.6 Å². The molecule has 0 spiro atoms. The van der Waals surface area contributed by atoms with Gasteiger partial charge >= 0.3 is 0 Å². The van der Waals surface area contributed by atoms with Crippen molar-refractivity contribution in [2.75, 3.05) is 17.2 Å². The Bertz CT molecular complexity index is 698. The number of rotatable bonds is 6. The Balaban J connectivity index is 1.96. The number of carbonyl (C=O) groups is 1. The van der Waals surface area contributed by atoms with Crippen LogP contribution in [0.5, 0.6) is 0 Å². The van der Waals surface area contributed by atoms with Crippen molar-refractivity contribution in [2.24, 2.45) is 0 Å². The van der Waals surface area contributed by atoms with E-state index in [0.717, 1.165) is 5.56 Å². The normalized spacial score (nSPS) is 10.7. The molecule has 0 heterocycles. The highest BCUT2D eigenvalue weighted by Gasteiger charge is 2.11. The molecule has 0 fully saturated rings. The van der Waals surface area contributed by atoms with Crippen molar-refractivity contribution < 1.29 is 13.6 Å². The van der Waals surface area contributed by atoms with Crippen molar-refractivity contribution in [3.63, 3.8) is 0 Å². The average Bonchev–Trinajstić information content (AvgIpc) is 2.50. The Morgan fingerprint density at radius 1 is 1.26 bits per heavy atom. The molecule has 0 atom stereocenters. The van der Waals surface area contributed by atoms with Gasteiger partial charge in [-0.25, -0.2) is 0 Å². The first-order valence-electron chi connectivity index (χ1n) is 6.79. The molecule has 0 saturated heterocycles. The fourth-order valence-corrected chi connectivity index (χ4v) is 2.62. The highest BCUT2D eigenvalue weighted by atomic mass is 35.5. The van der Waals surface area contributed by atoms with Crippen LogP contribution < -0.4 is 10.6 Å². The molecule has 0 radical (unpaired) electrons. The Labute approximate surface area is 142 Å². The number of hydrogen-bond donors (Lipinski definition) is 2. The lowest BCUT2D eigenvalue weighted by Crippen LogP contribution is -2.22. The van der Waals surface area contributed by atoms with Gasteiger partial charge < -0.3 is 10.6 Å². The number of alkyl halides is 2. The van der Waals surface area contributed by atoms with E-state index in [1.54, 1.807) is 30.3 Å². The van der Waals surface area contributed by atoms with E-state index in [9.17, 15) is 13.6 Å². The highest BCUT2D eigenvalue weighted by molar-refractivity contribution is 7.99. The SMILES string of the molecule is Cc1ccc(NCC(=O)Nc2ccccc2SC(F)F)cc1Cl. The fraction of sp³-hybridized carbons (Fsp3) is 0.188. The third-order valence-electron chi connectivity index (χ3n) is 3.00. The Morgan fingerprint density at radius 3 is 2.70 bits per heavy atom. The Hall–Kier alpha value is -1.79. The van der Waals surface area contributed by atoms with Gasteiger partial charge in [0.15, 0.2) is 0 Å². The monoisotopic (exact) mass is 356 g/mol. The molecule has 0 saturated carbocycles. The molecule has 23 heavy (non-hydrogen) atoms. The molecule has 1 amide bonds. The molecule has 7 heteroatoms. The maximum absolute atomic E-state index is 12.5. The number of amides is 1. The van der Waals surface area contributed by atoms with Crippen molar-refractivity contribution in [1.29, 1.82) is 0 Å². The van der Waals surface area contributed by atoms with E-state index in [4.69, 9.17) is 11.6 Å². The number of benzene rings is 2. The maximum Gasteiger partial charge on any atom is 0.288 e. The Morgan fingerprint density at radius 2 is 2.00 bits per heavy atom. The first-order chi connectivity index (χ1) is 11.0. The lowest BCUT2D eigenvalue weighted by atomic mass is 10.2. The van der Waals surface area contributed by atoms with E-state index in [0.29, 0.717) is 33.1 Å². The molecule has 0 aliphatic heterocycles. The van der Waals surface area contributed by atoms with Gasteiger partial charge in [0.1, 0.15) is 0 Å². The molecule has 0 aliphatic carbocycles. The number of aryl methyl sites for hydroxylation is 1. The zero-order valence-corrected chi connectivity index (χ0v) is 13.8. The summed E-state index contributed by atoms with van der Waals surface area (Å²) in [5.41, 5.74) is 2.03. The Kier molecular flexibility index (Phi) is 6.24. The second-order valence-corrected chi connectivity index (χ2v) is 6.18. The summed E-state index contributed by atoms with van der Waals surface area (Å²) in [6.45, 7) is 1.89. The van der Waals surface area contributed by atoms with Gasteiger partial charge in [-0.2, -0.15) is 8.78 Å². The second kappa shape index (κ2) is 8.17. The smallest absolute Gasteiger partial charge is 0.288 e. The predicted octanol–water partition coefficient (Wildman–Crippen LogP) is 5.01. The van der Waals surface area contributed by atoms with Crippen LogP contribution in [-0.4, -0.2) is 18.2 Å². The highest BCUT2D eigenvalue weighted by Crippen LogP contribution is 2.31. The third-order valence-corrected chi connectivity index (χ3v) is 4.20. The summed E-state index contributed by atoms with van der Waals surface area (Å²) in [4.78, 5) is 12.3. The summed E-state index contributed by atoms with van der Waals surface area (Å²) < 4.78 is 25.0. The molecule has 2 rings (SSSR count). The zero-order chi connectivity index (χ0) is 16.8. The van der Waals surface area contributed by atoms with Crippen molar-refractivity contribution >= 4 is 40.6 Å². The molecular formula is C16H15ClF2N2OS. The van der Waals surface area contributed by atoms with Crippen molar-refractivity contribution in [2.45, 2.75) is 17.6 Å². The minimum Gasteiger partial charge on any atom is -0.376 e. The molecular weight excluding hydrogens is 342 g/mol. The number of anilines is 2. The number of para-hydroxylation sites is 1. The summed E-state index contributed by atoms with van der Waals surface area (Å²) in [7, 11) is 0. The largest absolute Gasteiger partial charge is 0.376 e. The van der Waals surface area contributed by atoms with Crippen LogP contribution >= 0.6 is 23.4 Å². The summed E-state index contributed by atoms with van der Waals surface area (Å²) >= 11 is 6.41. The minimum absolute atomic E-state index is 0.00701. The molecule has 0 bridgehead atoms. The number of hydrogen-bond acceptors (Lipinski definition) is 3. The van der Waals surface area contributed by atoms with E-state index >= 15 is 0 Å². The van der Waals surface area contributed by atoms with E-state index in [1.165, 1.54) is 0 Å². The lowest BCUT2D eigenvalue weighted by Gasteiger charge is -2.11. The molecule has 2 aromatic rings. The first-order valence-corrected chi connectivity index (χ1v) is 8.05. The number of halogens is 3.